The summed E-state index contributed by atoms with van der Waals surface area (Å²) in [4.78, 5) is 0. The van der Waals surface area contributed by atoms with Gasteiger partial charge in [0.25, 0.3) is 0 Å². The van der Waals surface area contributed by atoms with Gasteiger partial charge in [0.05, 0.1) is 0 Å². The fourth-order valence-electron chi connectivity index (χ4n) is 3.19. The summed E-state index contributed by atoms with van der Waals surface area (Å²) in [6, 6.07) is 20.5. The monoisotopic (exact) mass is 384 g/mol. The minimum absolute atomic E-state index is 0.253. The van der Waals surface area contributed by atoms with Crippen LogP contribution in [0.3, 0.4) is 0 Å². The van der Waals surface area contributed by atoms with Gasteiger partial charge < -0.3 is 21.3 Å². The zero-order valence-electron chi connectivity index (χ0n) is 14.6. The van der Waals surface area contributed by atoms with E-state index in [0.717, 1.165) is 24.2 Å². The average molecular weight is 385 g/mol. The van der Waals surface area contributed by atoms with E-state index in [1.165, 1.54) is 12.8 Å². The molecule has 0 unspecified atom stereocenters. The molecule has 1 aliphatic rings. The van der Waals surface area contributed by atoms with Crippen molar-refractivity contribution in [2.45, 2.75) is 37.8 Å². The maximum absolute atomic E-state index is 5.49. The van der Waals surface area contributed by atoms with Gasteiger partial charge in [0.2, 0.25) is 0 Å². The standard InChI is InChI=1S/C20H24N4S2/c25-19(21-15-9-3-1-4-10-15)23-17-13-7-8-14-18(17)24-20(26)22-16-11-5-2-6-12-16/h1-6,9-12,17-18H,7-8,13-14H2,(H2,21,23,25)(H2,22,24,26)/t17-,18+. The largest absolute Gasteiger partial charge is 0.358 e. The van der Waals surface area contributed by atoms with Crippen LogP contribution in [-0.4, -0.2) is 22.3 Å². The highest BCUT2D eigenvalue weighted by atomic mass is 32.1. The molecule has 1 saturated carbocycles. The molecule has 2 aromatic carbocycles. The first kappa shape index (κ1) is 18.6. The van der Waals surface area contributed by atoms with Crippen LogP contribution >= 0.6 is 24.4 Å². The number of anilines is 2. The number of hydrogen-bond donors (Lipinski definition) is 4. The highest BCUT2D eigenvalue weighted by molar-refractivity contribution is 7.80. The minimum atomic E-state index is 0.253. The topological polar surface area (TPSA) is 48.1 Å². The Morgan fingerprint density at radius 1 is 0.654 bits per heavy atom. The minimum Gasteiger partial charge on any atom is -0.358 e. The van der Waals surface area contributed by atoms with Gasteiger partial charge in [0.15, 0.2) is 10.2 Å². The molecule has 2 atom stereocenters. The zero-order chi connectivity index (χ0) is 18.2. The number of para-hydroxylation sites is 2. The van der Waals surface area contributed by atoms with E-state index in [1.54, 1.807) is 0 Å². The van der Waals surface area contributed by atoms with Crippen molar-refractivity contribution in [2.75, 3.05) is 10.6 Å². The third-order valence-corrected chi connectivity index (χ3v) is 4.90. The molecular formula is C20H24N4S2. The molecular weight excluding hydrogens is 360 g/mol. The molecule has 1 aliphatic carbocycles. The third-order valence-electron chi connectivity index (χ3n) is 4.46. The predicted octanol–water partition coefficient (Wildman–Crippen LogP) is 4.27. The van der Waals surface area contributed by atoms with Crippen LogP contribution in [0.5, 0.6) is 0 Å². The first-order valence-electron chi connectivity index (χ1n) is 8.96. The quantitative estimate of drug-likeness (QED) is 0.591. The Bertz CT molecular complexity index is 658. The van der Waals surface area contributed by atoms with Crippen LogP contribution in [0.1, 0.15) is 25.7 Å². The molecule has 0 radical (unpaired) electrons. The van der Waals surface area contributed by atoms with Crippen molar-refractivity contribution in [1.82, 2.24) is 10.6 Å². The van der Waals surface area contributed by atoms with Gasteiger partial charge in [-0.3, -0.25) is 0 Å². The number of hydrogen-bond acceptors (Lipinski definition) is 2. The number of benzene rings is 2. The summed E-state index contributed by atoms with van der Waals surface area (Å²) in [5.74, 6) is 0. The van der Waals surface area contributed by atoms with Crippen molar-refractivity contribution in [3.05, 3.63) is 60.7 Å². The molecule has 0 aromatic heterocycles. The molecule has 136 valence electrons. The second-order valence-corrected chi connectivity index (χ2v) is 7.24. The third kappa shape index (κ3) is 5.68. The van der Waals surface area contributed by atoms with Gasteiger partial charge in [-0.05, 0) is 61.5 Å². The SMILES string of the molecule is S=C(Nc1ccccc1)N[C@H]1CCCC[C@H]1NC(=S)Nc1ccccc1. The fraction of sp³-hybridized carbons (Fsp3) is 0.300. The second kappa shape index (κ2) is 9.50. The fourth-order valence-corrected chi connectivity index (χ4v) is 3.73. The molecule has 4 N–H and O–H groups in total. The Labute approximate surface area is 165 Å². The maximum Gasteiger partial charge on any atom is 0.171 e. The predicted molar refractivity (Wildman–Crippen MR) is 118 cm³/mol. The van der Waals surface area contributed by atoms with Crippen molar-refractivity contribution >= 4 is 46.0 Å². The molecule has 0 bridgehead atoms. The van der Waals surface area contributed by atoms with Gasteiger partial charge in [0, 0.05) is 23.5 Å². The first-order chi connectivity index (χ1) is 12.7. The molecule has 2 aromatic rings. The number of nitrogens with one attached hydrogen (secondary N) is 4. The number of rotatable bonds is 4. The summed E-state index contributed by atoms with van der Waals surface area (Å²) in [7, 11) is 0. The summed E-state index contributed by atoms with van der Waals surface area (Å²) in [5, 5.41) is 14.7. The van der Waals surface area contributed by atoms with E-state index in [9.17, 15) is 0 Å². The normalized spacial score (nSPS) is 19.2. The van der Waals surface area contributed by atoms with Gasteiger partial charge >= 0.3 is 0 Å². The van der Waals surface area contributed by atoms with Crippen molar-refractivity contribution in [3.63, 3.8) is 0 Å². The van der Waals surface area contributed by atoms with Gasteiger partial charge in [-0.1, -0.05) is 49.2 Å². The van der Waals surface area contributed by atoms with Gasteiger partial charge in [-0.2, -0.15) is 0 Å². The molecule has 26 heavy (non-hydrogen) atoms. The Balaban J connectivity index is 1.53. The van der Waals surface area contributed by atoms with E-state index in [4.69, 9.17) is 24.4 Å². The zero-order valence-corrected chi connectivity index (χ0v) is 16.2. The maximum atomic E-state index is 5.49. The molecule has 0 amide bonds. The molecule has 1 fully saturated rings. The molecule has 0 heterocycles. The molecule has 4 nitrogen and oxygen atoms in total. The summed E-state index contributed by atoms with van der Waals surface area (Å²) in [6.07, 6.45) is 4.54. The Kier molecular flexibility index (Phi) is 6.80. The van der Waals surface area contributed by atoms with Crippen molar-refractivity contribution < 1.29 is 0 Å². The Hall–Kier alpha value is -2.18. The van der Waals surface area contributed by atoms with Crippen LogP contribution in [0.4, 0.5) is 11.4 Å². The Morgan fingerprint density at radius 3 is 1.42 bits per heavy atom. The van der Waals surface area contributed by atoms with Crippen molar-refractivity contribution in [2.24, 2.45) is 0 Å². The highest BCUT2D eigenvalue weighted by Crippen LogP contribution is 2.19. The van der Waals surface area contributed by atoms with Crippen LogP contribution in [0.25, 0.3) is 0 Å². The van der Waals surface area contributed by atoms with Crippen LogP contribution in [0, 0.1) is 0 Å². The van der Waals surface area contributed by atoms with Gasteiger partial charge in [-0.15, -0.1) is 0 Å². The van der Waals surface area contributed by atoms with Crippen LogP contribution < -0.4 is 21.3 Å². The lowest BCUT2D eigenvalue weighted by Crippen LogP contribution is -2.54. The lowest BCUT2D eigenvalue weighted by atomic mass is 9.90. The summed E-state index contributed by atoms with van der Waals surface area (Å²) in [6.45, 7) is 0. The molecule has 0 spiro atoms. The van der Waals surface area contributed by atoms with E-state index in [0.29, 0.717) is 10.2 Å². The Morgan fingerprint density at radius 2 is 1.04 bits per heavy atom. The van der Waals surface area contributed by atoms with E-state index >= 15 is 0 Å². The summed E-state index contributed by atoms with van der Waals surface area (Å²) >= 11 is 11.0. The molecule has 3 rings (SSSR count). The van der Waals surface area contributed by atoms with Crippen molar-refractivity contribution in [1.29, 1.82) is 0 Å². The van der Waals surface area contributed by atoms with E-state index < -0.39 is 0 Å². The summed E-state index contributed by atoms with van der Waals surface area (Å²) < 4.78 is 0. The number of thiocarbonyl (C=S) groups is 2. The lowest BCUT2D eigenvalue weighted by molar-refractivity contribution is 0.340. The van der Waals surface area contributed by atoms with E-state index in [1.807, 2.05) is 60.7 Å². The van der Waals surface area contributed by atoms with E-state index in [2.05, 4.69) is 21.3 Å². The smallest absolute Gasteiger partial charge is 0.171 e. The van der Waals surface area contributed by atoms with Crippen molar-refractivity contribution in [3.8, 4) is 0 Å². The molecule has 0 saturated heterocycles. The van der Waals surface area contributed by atoms with Crippen LogP contribution in [0.2, 0.25) is 0 Å². The average Bonchev–Trinajstić information content (AvgIpc) is 2.65. The highest BCUT2D eigenvalue weighted by Gasteiger charge is 2.26. The summed E-state index contributed by atoms with van der Waals surface area (Å²) in [5.41, 5.74) is 1.98. The molecule has 6 heteroatoms. The first-order valence-corrected chi connectivity index (χ1v) is 9.77. The van der Waals surface area contributed by atoms with Crippen LogP contribution in [0.15, 0.2) is 60.7 Å². The molecule has 0 aliphatic heterocycles. The van der Waals surface area contributed by atoms with Gasteiger partial charge in [0.1, 0.15) is 0 Å². The second-order valence-electron chi connectivity index (χ2n) is 6.43. The van der Waals surface area contributed by atoms with Crippen LogP contribution in [-0.2, 0) is 0 Å². The van der Waals surface area contributed by atoms with E-state index in [-0.39, 0.29) is 12.1 Å². The van der Waals surface area contributed by atoms with Gasteiger partial charge in [-0.25, -0.2) is 0 Å². The lowest BCUT2D eigenvalue weighted by Gasteiger charge is -2.34.